The van der Waals surface area contributed by atoms with Crippen LogP contribution in [-0.2, 0) is 11.2 Å². The minimum Gasteiger partial charge on any atom is -0.495 e. The lowest BCUT2D eigenvalue weighted by molar-refractivity contribution is -0.118. The molecule has 0 aliphatic rings. The summed E-state index contributed by atoms with van der Waals surface area (Å²) in [7, 11) is 4.80. The lowest BCUT2D eigenvalue weighted by Crippen LogP contribution is -2.27. The molecule has 43 heavy (non-hydrogen) atoms. The first-order chi connectivity index (χ1) is 20.9. The number of rotatable bonds is 10. The van der Waals surface area contributed by atoms with Crippen LogP contribution in [0.15, 0.2) is 65.8 Å². The van der Waals surface area contributed by atoms with Gasteiger partial charge in [-0.25, -0.2) is 9.97 Å². The molecule has 1 amide bonds. The first-order valence-corrected chi connectivity index (χ1v) is 15.8. The Kier molecular flexibility index (Phi) is 8.44. The average Bonchev–Trinajstić information content (AvgIpc) is 3.57. The van der Waals surface area contributed by atoms with Gasteiger partial charge in [-0.15, -0.1) is 0 Å². The molecule has 0 saturated carbocycles. The van der Waals surface area contributed by atoms with E-state index in [1.165, 1.54) is 23.1 Å². The zero-order valence-electron chi connectivity index (χ0n) is 23.4. The number of benzene rings is 3. The summed E-state index contributed by atoms with van der Waals surface area (Å²) in [5.41, 5.74) is 4.78. The van der Waals surface area contributed by atoms with Crippen LogP contribution in [0.5, 0.6) is 17.2 Å². The van der Waals surface area contributed by atoms with Gasteiger partial charge in [0.2, 0.25) is 5.91 Å². The second kappa shape index (κ2) is 12.4. The smallest absolute Gasteiger partial charge is 0.230 e. The van der Waals surface area contributed by atoms with Gasteiger partial charge in [0.25, 0.3) is 0 Å². The van der Waals surface area contributed by atoms with Crippen LogP contribution in [0.25, 0.3) is 32.7 Å². The SMILES string of the molecule is COc1ccc(CCNC(=O)CSc2nc3c(sc(=S)n3-c3cc(Cl)ccc3OC)c3nc4ccccc4n23)cc1OC. The lowest BCUT2D eigenvalue weighted by atomic mass is 10.1. The molecule has 0 unspecified atom stereocenters. The van der Waals surface area contributed by atoms with E-state index in [-0.39, 0.29) is 11.7 Å². The van der Waals surface area contributed by atoms with Crippen LogP contribution in [0.1, 0.15) is 5.56 Å². The standard InChI is InChI=1S/C30H26ClN5O4S3/c1-38-22-11-9-18(31)15-21(22)36-28-26(43-30(36)41)27-33-19-6-4-5-7-20(19)35(27)29(34-28)42-16-25(37)32-13-12-17-8-10-23(39-2)24(14-17)40-3/h4-11,14-15H,12-13,16H2,1-3H3,(H,32,37). The lowest BCUT2D eigenvalue weighted by Gasteiger charge is -2.12. The molecule has 1 N–H and O–H groups in total. The van der Waals surface area contributed by atoms with Crippen LogP contribution in [0.2, 0.25) is 5.02 Å². The van der Waals surface area contributed by atoms with Gasteiger partial charge in [-0.1, -0.05) is 52.9 Å². The molecule has 13 heteroatoms. The van der Waals surface area contributed by atoms with E-state index in [0.717, 1.165) is 26.9 Å². The first-order valence-electron chi connectivity index (χ1n) is 13.2. The number of amides is 1. The van der Waals surface area contributed by atoms with Crippen molar-refractivity contribution in [3.8, 4) is 22.9 Å². The van der Waals surface area contributed by atoms with Crippen molar-refractivity contribution in [1.82, 2.24) is 24.3 Å². The van der Waals surface area contributed by atoms with Crippen molar-refractivity contribution in [2.24, 2.45) is 0 Å². The summed E-state index contributed by atoms with van der Waals surface area (Å²) >= 11 is 14.9. The van der Waals surface area contributed by atoms with Crippen LogP contribution in [0.3, 0.4) is 0 Å². The highest BCUT2D eigenvalue weighted by Gasteiger charge is 2.21. The third-order valence-electron chi connectivity index (χ3n) is 6.84. The number of nitrogens with zero attached hydrogens (tertiary/aromatic N) is 4. The highest BCUT2D eigenvalue weighted by Crippen LogP contribution is 2.37. The Morgan fingerprint density at radius 2 is 1.74 bits per heavy atom. The second-order valence-electron chi connectivity index (χ2n) is 9.40. The number of imidazole rings is 1. The van der Waals surface area contributed by atoms with Crippen LogP contribution in [-0.4, -0.2) is 58.5 Å². The summed E-state index contributed by atoms with van der Waals surface area (Å²) in [4.78, 5) is 22.9. The van der Waals surface area contributed by atoms with Gasteiger partial charge in [-0.3, -0.25) is 13.8 Å². The molecule has 0 atom stereocenters. The quantitative estimate of drug-likeness (QED) is 0.0989. The Bertz CT molecular complexity index is 2060. The molecule has 0 bridgehead atoms. The van der Waals surface area contributed by atoms with Gasteiger partial charge >= 0.3 is 0 Å². The van der Waals surface area contributed by atoms with Crippen molar-refractivity contribution >= 4 is 79.9 Å². The largest absolute Gasteiger partial charge is 0.495 e. The monoisotopic (exact) mass is 651 g/mol. The summed E-state index contributed by atoms with van der Waals surface area (Å²) in [5.74, 6) is 1.99. The van der Waals surface area contributed by atoms with E-state index in [9.17, 15) is 4.79 Å². The molecular weight excluding hydrogens is 626 g/mol. The number of halogens is 1. The zero-order chi connectivity index (χ0) is 30.1. The summed E-state index contributed by atoms with van der Waals surface area (Å²) in [5, 5.41) is 4.18. The number of hydrogen-bond acceptors (Lipinski definition) is 9. The predicted molar refractivity (Wildman–Crippen MR) is 175 cm³/mol. The van der Waals surface area contributed by atoms with Crippen LogP contribution in [0, 0.1) is 3.95 Å². The van der Waals surface area contributed by atoms with Crippen LogP contribution < -0.4 is 19.5 Å². The summed E-state index contributed by atoms with van der Waals surface area (Å²) in [6, 6.07) is 19.0. The number of thiazole rings is 1. The minimum absolute atomic E-state index is 0.108. The first kappa shape index (κ1) is 29.2. The highest BCUT2D eigenvalue weighted by molar-refractivity contribution is 7.99. The normalized spacial score (nSPS) is 11.3. The third kappa shape index (κ3) is 5.63. The van der Waals surface area contributed by atoms with Crippen molar-refractivity contribution in [3.63, 3.8) is 0 Å². The maximum absolute atomic E-state index is 13.0. The fraction of sp³-hybridized carbons (Fsp3) is 0.200. The fourth-order valence-corrected chi connectivity index (χ4v) is 7.17. The zero-order valence-corrected chi connectivity index (χ0v) is 26.6. The minimum atomic E-state index is -0.108. The van der Waals surface area contributed by atoms with Crippen molar-refractivity contribution in [3.05, 3.63) is 75.2 Å². The number of hydrogen-bond donors (Lipinski definition) is 1. The summed E-state index contributed by atoms with van der Waals surface area (Å²) in [6.45, 7) is 0.475. The molecule has 0 aliphatic heterocycles. The van der Waals surface area contributed by atoms with Gasteiger partial charge in [0.15, 0.2) is 31.9 Å². The maximum atomic E-state index is 13.0. The molecule has 6 rings (SSSR count). The van der Waals surface area contributed by atoms with Crippen molar-refractivity contribution in [2.75, 3.05) is 33.6 Å². The number of carbonyl (C=O) groups is 1. The van der Waals surface area contributed by atoms with Gasteiger partial charge in [-0.2, -0.15) is 0 Å². The molecule has 0 spiro atoms. The number of nitrogens with one attached hydrogen (secondary N) is 1. The Balaban J connectivity index is 1.32. The number of aromatic nitrogens is 4. The van der Waals surface area contributed by atoms with E-state index in [4.69, 9.17) is 48.0 Å². The topological polar surface area (TPSA) is 91.9 Å². The number of ether oxygens (including phenoxy) is 3. The molecule has 0 saturated heterocycles. The Morgan fingerprint density at radius 1 is 0.977 bits per heavy atom. The van der Waals surface area contributed by atoms with Gasteiger partial charge in [0.05, 0.1) is 43.8 Å². The maximum Gasteiger partial charge on any atom is 0.230 e. The molecule has 3 aromatic carbocycles. The predicted octanol–water partition coefficient (Wildman–Crippen LogP) is 6.75. The molecule has 0 radical (unpaired) electrons. The molecule has 3 aromatic heterocycles. The van der Waals surface area contributed by atoms with E-state index in [1.54, 1.807) is 39.5 Å². The number of carbonyl (C=O) groups excluding carboxylic acids is 1. The van der Waals surface area contributed by atoms with Gasteiger partial charge in [0.1, 0.15) is 10.4 Å². The van der Waals surface area contributed by atoms with Gasteiger partial charge < -0.3 is 19.5 Å². The van der Waals surface area contributed by atoms with Gasteiger partial charge in [0, 0.05) is 11.6 Å². The molecule has 220 valence electrons. The van der Waals surface area contributed by atoms with E-state index in [1.807, 2.05) is 51.4 Å². The average molecular weight is 652 g/mol. The molecule has 6 aromatic rings. The van der Waals surface area contributed by atoms with Crippen molar-refractivity contribution in [1.29, 1.82) is 0 Å². The van der Waals surface area contributed by atoms with Crippen molar-refractivity contribution < 1.29 is 19.0 Å². The van der Waals surface area contributed by atoms with Crippen molar-refractivity contribution in [2.45, 2.75) is 11.6 Å². The molecular formula is C30H26ClN5O4S3. The van der Waals surface area contributed by atoms with E-state index in [0.29, 0.717) is 55.7 Å². The fourth-order valence-electron chi connectivity index (χ4n) is 4.84. The Morgan fingerprint density at radius 3 is 2.53 bits per heavy atom. The number of thioether (sulfide) groups is 1. The molecule has 3 heterocycles. The van der Waals surface area contributed by atoms with Crippen LogP contribution >= 0.6 is 46.9 Å². The number of para-hydroxylation sites is 2. The summed E-state index contributed by atoms with van der Waals surface area (Å²) in [6.07, 6.45) is 0.648. The Labute approximate surface area is 265 Å². The van der Waals surface area contributed by atoms with E-state index < -0.39 is 0 Å². The third-order valence-corrected chi connectivity index (χ3v) is 9.37. The summed E-state index contributed by atoms with van der Waals surface area (Å²) < 4.78 is 21.6. The molecule has 9 nitrogen and oxygen atoms in total. The van der Waals surface area contributed by atoms with Crippen LogP contribution in [0.4, 0.5) is 0 Å². The number of methoxy groups -OCH3 is 3. The number of fused-ring (bicyclic) bond motifs is 5. The second-order valence-corrected chi connectivity index (χ2v) is 12.4. The van der Waals surface area contributed by atoms with E-state index in [2.05, 4.69) is 5.32 Å². The highest BCUT2D eigenvalue weighted by atomic mass is 35.5. The van der Waals surface area contributed by atoms with Gasteiger partial charge in [-0.05, 0) is 66.7 Å². The molecule has 0 fully saturated rings. The van der Waals surface area contributed by atoms with E-state index >= 15 is 0 Å². The molecule has 0 aliphatic carbocycles. The Hall–Kier alpha value is -3.84.